The summed E-state index contributed by atoms with van der Waals surface area (Å²) in [5, 5.41) is 18.4. The lowest BCUT2D eigenvalue weighted by Gasteiger charge is -2.19. The Morgan fingerprint density at radius 2 is 1.83 bits per heavy atom. The average molecular weight is 319 g/mol. The maximum Gasteiger partial charge on any atom is 0.136 e. The molecule has 18 heavy (non-hydrogen) atoms. The molecule has 0 fully saturated rings. The van der Waals surface area contributed by atoms with Crippen LogP contribution in [0.25, 0.3) is 0 Å². The molecular weight excluding hydrogens is 300 g/mol. The third-order valence-corrected chi connectivity index (χ3v) is 3.49. The lowest BCUT2D eigenvalue weighted by atomic mass is 9.94. The molecule has 0 aliphatic carbocycles. The van der Waals surface area contributed by atoms with Gasteiger partial charge < -0.3 is 19.7 Å². The summed E-state index contributed by atoms with van der Waals surface area (Å²) in [6.45, 7) is 1.75. The fraction of sp³-hybridized carbons (Fsp3) is 0.538. The molecular formula is C13H19BrO4. The highest BCUT2D eigenvalue weighted by Gasteiger charge is 2.18. The quantitative estimate of drug-likeness (QED) is 0.845. The van der Waals surface area contributed by atoms with Gasteiger partial charge in [-0.2, -0.15) is 0 Å². The van der Waals surface area contributed by atoms with Crippen LogP contribution in [0, 0.1) is 0 Å². The fourth-order valence-electron chi connectivity index (χ4n) is 1.88. The second kappa shape index (κ2) is 6.97. The summed E-state index contributed by atoms with van der Waals surface area (Å²) in [4.78, 5) is 0. The van der Waals surface area contributed by atoms with Crippen LogP contribution in [0.4, 0.5) is 0 Å². The third kappa shape index (κ3) is 3.60. The number of aliphatic hydroxyl groups is 2. The molecule has 102 valence electrons. The van der Waals surface area contributed by atoms with E-state index in [9.17, 15) is 5.11 Å². The zero-order chi connectivity index (χ0) is 13.7. The van der Waals surface area contributed by atoms with Crippen LogP contribution in [0.1, 0.15) is 24.8 Å². The molecule has 0 aliphatic heterocycles. The van der Waals surface area contributed by atoms with Crippen molar-refractivity contribution in [3.05, 3.63) is 22.2 Å². The van der Waals surface area contributed by atoms with Crippen molar-refractivity contribution in [2.75, 3.05) is 20.8 Å². The van der Waals surface area contributed by atoms with Crippen LogP contribution >= 0.6 is 15.9 Å². The molecule has 4 nitrogen and oxygen atoms in total. The summed E-state index contributed by atoms with van der Waals surface area (Å²) >= 11 is 3.43. The van der Waals surface area contributed by atoms with Gasteiger partial charge in [-0.05, 0) is 39.9 Å². The molecule has 0 amide bonds. The van der Waals surface area contributed by atoms with Crippen LogP contribution < -0.4 is 9.47 Å². The number of methoxy groups -OCH3 is 2. The molecule has 2 unspecified atom stereocenters. The van der Waals surface area contributed by atoms with E-state index in [4.69, 9.17) is 14.6 Å². The van der Waals surface area contributed by atoms with Gasteiger partial charge in [-0.1, -0.05) is 6.92 Å². The molecule has 2 atom stereocenters. The van der Waals surface area contributed by atoms with Crippen molar-refractivity contribution >= 4 is 15.9 Å². The van der Waals surface area contributed by atoms with Gasteiger partial charge in [-0.15, -0.1) is 0 Å². The lowest BCUT2D eigenvalue weighted by molar-refractivity contribution is 0.0833. The number of hydrogen-bond acceptors (Lipinski definition) is 4. The Labute approximate surface area is 116 Å². The highest BCUT2D eigenvalue weighted by atomic mass is 79.9. The standard InChI is InChI=1S/C13H19BrO4/c1-8(4-9(16)7-15)10-5-11(14)13(18-3)6-12(10)17-2/h5-6,8-9,15-16H,4,7H2,1-3H3. The first-order valence-electron chi connectivity index (χ1n) is 5.73. The van der Waals surface area contributed by atoms with E-state index in [2.05, 4.69) is 15.9 Å². The minimum atomic E-state index is -0.717. The van der Waals surface area contributed by atoms with Gasteiger partial charge >= 0.3 is 0 Å². The topological polar surface area (TPSA) is 58.9 Å². The third-order valence-electron chi connectivity index (χ3n) is 2.87. The van der Waals surface area contributed by atoms with E-state index in [0.717, 1.165) is 10.0 Å². The minimum Gasteiger partial charge on any atom is -0.496 e. The fourth-order valence-corrected chi connectivity index (χ4v) is 2.40. The summed E-state index contributed by atoms with van der Waals surface area (Å²) in [5.41, 5.74) is 0.970. The van der Waals surface area contributed by atoms with Crippen LogP contribution in [0.15, 0.2) is 16.6 Å². The molecule has 0 saturated carbocycles. The first kappa shape index (κ1) is 15.3. The lowest BCUT2D eigenvalue weighted by Crippen LogP contribution is -2.15. The predicted molar refractivity (Wildman–Crippen MR) is 73.4 cm³/mol. The van der Waals surface area contributed by atoms with Crippen LogP contribution in [0.5, 0.6) is 11.5 Å². The molecule has 1 aromatic rings. The Balaban J connectivity index is 3.03. The van der Waals surface area contributed by atoms with Crippen molar-refractivity contribution in [1.29, 1.82) is 0 Å². The van der Waals surface area contributed by atoms with Crippen LogP contribution in [-0.2, 0) is 0 Å². The second-order valence-electron chi connectivity index (χ2n) is 4.20. The Morgan fingerprint density at radius 3 is 2.33 bits per heavy atom. The molecule has 0 spiro atoms. The van der Waals surface area contributed by atoms with Gasteiger partial charge in [0, 0.05) is 6.07 Å². The number of aliphatic hydroxyl groups excluding tert-OH is 2. The maximum atomic E-state index is 9.50. The van der Waals surface area contributed by atoms with Crippen molar-refractivity contribution in [2.45, 2.75) is 25.4 Å². The normalized spacial score (nSPS) is 14.1. The first-order valence-corrected chi connectivity index (χ1v) is 6.53. The van der Waals surface area contributed by atoms with Gasteiger partial charge in [-0.3, -0.25) is 0 Å². The Kier molecular flexibility index (Phi) is 5.91. The summed E-state index contributed by atoms with van der Waals surface area (Å²) in [6, 6.07) is 3.73. The van der Waals surface area contributed by atoms with Crippen molar-refractivity contribution in [2.24, 2.45) is 0 Å². The number of halogens is 1. The summed E-state index contributed by atoms with van der Waals surface area (Å²) < 4.78 is 11.4. The van der Waals surface area contributed by atoms with E-state index in [1.54, 1.807) is 20.3 Å². The Hall–Kier alpha value is -0.780. The second-order valence-corrected chi connectivity index (χ2v) is 5.06. The summed E-state index contributed by atoms with van der Waals surface area (Å²) in [7, 11) is 3.19. The SMILES string of the molecule is COc1cc(OC)c(C(C)CC(O)CO)cc1Br. The minimum absolute atomic E-state index is 0.0734. The highest BCUT2D eigenvalue weighted by Crippen LogP contribution is 2.37. The number of hydrogen-bond donors (Lipinski definition) is 2. The van der Waals surface area contributed by atoms with Gasteiger partial charge in [0.05, 0.1) is 31.4 Å². The van der Waals surface area contributed by atoms with Crippen LogP contribution in [0.3, 0.4) is 0 Å². The van der Waals surface area contributed by atoms with Crippen molar-refractivity contribution in [1.82, 2.24) is 0 Å². The number of benzene rings is 1. The molecule has 1 aromatic carbocycles. The van der Waals surface area contributed by atoms with Crippen molar-refractivity contribution < 1.29 is 19.7 Å². The molecule has 0 heterocycles. The molecule has 0 bridgehead atoms. The summed E-state index contributed by atoms with van der Waals surface area (Å²) in [5.74, 6) is 1.49. The average Bonchev–Trinajstić information content (AvgIpc) is 2.38. The number of rotatable bonds is 6. The van der Waals surface area contributed by atoms with E-state index >= 15 is 0 Å². The highest BCUT2D eigenvalue weighted by molar-refractivity contribution is 9.10. The molecule has 0 aliphatic rings. The number of ether oxygens (including phenoxy) is 2. The smallest absolute Gasteiger partial charge is 0.136 e. The van der Waals surface area contributed by atoms with Gasteiger partial charge in [0.1, 0.15) is 11.5 Å². The maximum absolute atomic E-state index is 9.50. The van der Waals surface area contributed by atoms with Crippen molar-refractivity contribution in [3.63, 3.8) is 0 Å². The zero-order valence-electron chi connectivity index (χ0n) is 10.8. The first-order chi connectivity index (χ1) is 8.53. The monoisotopic (exact) mass is 318 g/mol. The molecule has 0 saturated heterocycles. The molecule has 1 rings (SSSR count). The molecule has 2 N–H and O–H groups in total. The van der Waals surface area contributed by atoms with Crippen LogP contribution in [-0.4, -0.2) is 37.1 Å². The predicted octanol–water partition coefficient (Wildman–Crippen LogP) is 2.31. The van der Waals surface area contributed by atoms with Crippen molar-refractivity contribution in [3.8, 4) is 11.5 Å². The van der Waals surface area contributed by atoms with Gasteiger partial charge in [-0.25, -0.2) is 0 Å². The van der Waals surface area contributed by atoms with Gasteiger partial charge in [0.2, 0.25) is 0 Å². The van der Waals surface area contributed by atoms with E-state index in [0.29, 0.717) is 17.9 Å². The van der Waals surface area contributed by atoms with Crippen LogP contribution in [0.2, 0.25) is 0 Å². The van der Waals surface area contributed by atoms with E-state index in [-0.39, 0.29) is 12.5 Å². The van der Waals surface area contributed by atoms with Gasteiger partial charge in [0.15, 0.2) is 0 Å². The molecule has 0 radical (unpaired) electrons. The van der Waals surface area contributed by atoms with E-state index < -0.39 is 6.10 Å². The Bertz CT molecular complexity index is 395. The van der Waals surface area contributed by atoms with E-state index in [1.807, 2.05) is 13.0 Å². The summed E-state index contributed by atoms with van der Waals surface area (Å²) in [6.07, 6.45) is -0.239. The molecule has 5 heteroatoms. The largest absolute Gasteiger partial charge is 0.496 e. The molecule has 0 aromatic heterocycles. The Morgan fingerprint density at radius 1 is 1.22 bits per heavy atom. The zero-order valence-corrected chi connectivity index (χ0v) is 12.4. The van der Waals surface area contributed by atoms with E-state index in [1.165, 1.54) is 0 Å². The van der Waals surface area contributed by atoms with Gasteiger partial charge in [0.25, 0.3) is 0 Å².